The molecule has 1 atom stereocenters. The molecule has 0 saturated carbocycles. The molecule has 0 fully saturated rings. The van der Waals surface area contributed by atoms with Gasteiger partial charge in [-0.2, -0.15) is 0 Å². The van der Waals surface area contributed by atoms with Gasteiger partial charge < -0.3 is 4.90 Å². The molecule has 112 valence electrons. The second kappa shape index (κ2) is 6.29. The third kappa shape index (κ3) is 3.26. The predicted molar refractivity (Wildman–Crippen MR) is 90.6 cm³/mol. The largest absolute Gasteiger partial charge is 0.378 e. The van der Waals surface area contributed by atoms with Crippen LogP contribution in [0.15, 0.2) is 36.4 Å². The highest BCUT2D eigenvalue weighted by molar-refractivity contribution is 5.49. The number of benzene rings is 2. The SMILES string of the molecule is Cc1cc(C)c(C(NN)c2ccc(N(C)C)cc2)cc1C. The Kier molecular flexibility index (Phi) is 4.66. The third-order valence-corrected chi connectivity index (χ3v) is 4.10. The number of nitrogens with one attached hydrogen (secondary N) is 1. The minimum atomic E-state index is 0.0144. The van der Waals surface area contributed by atoms with E-state index in [0.29, 0.717) is 0 Å². The molecular formula is C18H25N3. The van der Waals surface area contributed by atoms with Gasteiger partial charge in [0.1, 0.15) is 0 Å². The normalized spacial score (nSPS) is 12.3. The number of hydrazine groups is 1. The van der Waals surface area contributed by atoms with E-state index in [0.717, 1.165) is 0 Å². The van der Waals surface area contributed by atoms with Crippen molar-refractivity contribution in [1.82, 2.24) is 5.43 Å². The van der Waals surface area contributed by atoms with E-state index in [2.05, 4.69) is 67.5 Å². The Morgan fingerprint density at radius 1 is 0.905 bits per heavy atom. The van der Waals surface area contributed by atoms with Gasteiger partial charge in [-0.25, -0.2) is 5.43 Å². The second-order valence-electron chi connectivity index (χ2n) is 5.88. The maximum Gasteiger partial charge on any atom is 0.0712 e. The Bertz CT molecular complexity index is 615. The fourth-order valence-corrected chi connectivity index (χ4v) is 2.62. The van der Waals surface area contributed by atoms with Crippen molar-refractivity contribution in [3.05, 3.63) is 64.2 Å². The Morgan fingerprint density at radius 2 is 1.48 bits per heavy atom. The van der Waals surface area contributed by atoms with Crippen LogP contribution in [0.5, 0.6) is 0 Å². The van der Waals surface area contributed by atoms with Crippen LogP contribution in [0.2, 0.25) is 0 Å². The molecule has 21 heavy (non-hydrogen) atoms. The van der Waals surface area contributed by atoms with Gasteiger partial charge in [0.05, 0.1) is 6.04 Å². The number of rotatable bonds is 4. The van der Waals surface area contributed by atoms with E-state index in [1.54, 1.807) is 0 Å². The number of anilines is 1. The lowest BCUT2D eigenvalue weighted by molar-refractivity contribution is 0.633. The second-order valence-corrected chi connectivity index (χ2v) is 5.88. The molecule has 2 aromatic carbocycles. The highest BCUT2D eigenvalue weighted by Crippen LogP contribution is 2.27. The number of hydrogen-bond donors (Lipinski definition) is 2. The predicted octanol–water partition coefficient (Wildman–Crippen LogP) is 3.23. The molecule has 0 bridgehead atoms. The molecule has 0 amide bonds. The lowest BCUT2D eigenvalue weighted by Gasteiger charge is -2.21. The maximum atomic E-state index is 5.83. The van der Waals surface area contributed by atoms with E-state index in [1.807, 2.05) is 14.1 Å². The summed E-state index contributed by atoms with van der Waals surface area (Å²) >= 11 is 0. The van der Waals surface area contributed by atoms with Crippen LogP contribution < -0.4 is 16.2 Å². The Balaban J connectivity index is 2.42. The summed E-state index contributed by atoms with van der Waals surface area (Å²) in [5, 5.41) is 0. The highest BCUT2D eigenvalue weighted by atomic mass is 15.2. The van der Waals surface area contributed by atoms with Crippen LogP contribution in [0.3, 0.4) is 0 Å². The van der Waals surface area contributed by atoms with Gasteiger partial charge in [-0.05, 0) is 60.7 Å². The quantitative estimate of drug-likeness (QED) is 0.668. The van der Waals surface area contributed by atoms with Gasteiger partial charge in [-0.3, -0.25) is 5.84 Å². The Hall–Kier alpha value is -1.84. The van der Waals surface area contributed by atoms with E-state index in [9.17, 15) is 0 Å². The van der Waals surface area contributed by atoms with E-state index < -0.39 is 0 Å². The lowest BCUT2D eigenvalue weighted by Crippen LogP contribution is -2.29. The number of aryl methyl sites for hydroxylation is 3. The molecule has 3 nitrogen and oxygen atoms in total. The van der Waals surface area contributed by atoms with Crippen LogP contribution in [0.1, 0.15) is 33.9 Å². The van der Waals surface area contributed by atoms with E-state index >= 15 is 0 Å². The molecule has 0 aromatic heterocycles. The van der Waals surface area contributed by atoms with E-state index in [4.69, 9.17) is 5.84 Å². The summed E-state index contributed by atoms with van der Waals surface area (Å²) in [7, 11) is 4.09. The molecule has 0 aliphatic rings. The highest BCUT2D eigenvalue weighted by Gasteiger charge is 2.15. The van der Waals surface area contributed by atoms with Gasteiger partial charge in [0, 0.05) is 19.8 Å². The average molecular weight is 283 g/mol. The molecule has 0 aliphatic carbocycles. The van der Waals surface area contributed by atoms with E-state index in [1.165, 1.54) is 33.5 Å². The maximum absolute atomic E-state index is 5.83. The lowest BCUT2D eigenvalue weighted by atomic mass is 9.92. The van der Waals surface area contributed by atoms with Crippen LogP contribution in [0, 0.1) is 20.8 Å². The van der Waals surface area contributed by atoms with Gasteiger partial charge in [0.2, 0.25) is 0 Å². The van der Waals surface area contributed by atoms with Crippen molar-refractivity contribution in [1.29, 1.82) is 0 Å². The first-order valence-corrected chi connectivity index (χ1v) is 7.25. The van der Waals surface area contributed by atoms with E-state index in [-0.39, 0.29) is 6.04 Å². The van der Waals surface area contributed by atoms with Crippen LogP contribution in [-0.4, -0.2) is 14.1 Å². The molecule has 3 heteroatoms. The standard InChI is InChI=1S/C18H25N3/c1-12-10-14(3)17(11-13(12)2)18(20-19)15-6-8-16(9-7-15)21(4)5/h6-11,18,20H,19H2,1-5H3. The molecule has 0 spiro atoms. The Morgan fingerprint density at radius 3 is 2.00 bits per heavy atom. The first-order valence-electron chi connectivity index (χ1n) is 7.25. The number of nitrogens with two attached hydrogens (primary N) is 1. The number of hydrogen-bond acceptors (Lipinski definition) is 3. The van der Waals surface area contributed by atoms with Gasteiger partial charge in [0.15, 0.2) is 0 Å². The Labute approximate surface area is 127 Å². The van der Waals surface area contributed by atoms with Crippen molar-refractivity contribution in [3.63, 3.8) is 0 Å². The summed E-state index contributed by atoms with van der Waals surface area (Å²) in [5.74, 6) is 5.83. The molecule has 3 N–H and O–H groups in total. The third-order valence-electron chi connectivity index (χ3n) is 4.10. The molecule has 1 unspecified atom stereocenters. The van der Waals surface area contributed by atoms with Gasteiger partial charge in [-0.15, -0.1) is 0 Å². The monoisotopic (exact) mass is 283 g/mol. The summed E-state index contributed by atoms with van der Waals surface area (Å²) in [6, 6.07) is 13.0. The van der Waals surface area contributed by atoms with Crippen molar-refractivity contribution < 1.29 is 0 Å². The minimum Gasteiger partial charge on any atom is -0.378 e. The van der Waals surface area contributed by atoms with Crippen molar-refractivity contribution in [2.24, 2.45) is 5.84 Å². The summed E-state index contributed by atoms with van der Waals surface area (Å²) in [4.78, 5) is 2.09. The molecule has 0 radical (unpaired) electrons. The van der Waals surface area contributed by atoms with Crippen LogP contribution in [-0.2, 0) is 0 Å². The van der Waals surface area contributed by atoms with Crippen molar-refractivity contribution >= 4 is 5.69 Å². The van der Waals surface area contributed by atoms with Crippen molar-refractivity contribution in [2.75, 3.05) is 19.0 Å². The van der Waals surface area contributed by atoms with Gasteiger partial charge >= 0.3 is 0 Å². The molecule has 2 rings (SSSR count). The van der Waals surface area contributed by atoms with Gasteiger partial charge in [0.25, 0.3) is 0 Å². The minimum absolute atomic E-state index is 0.0144. The fraction of sp³-hybridized carbons (Fsp3) is 0.333. The smallest absolute Gasteiger partial charge is 0.0712 e. The molecule has 0 saturated heterocycles. The topological polar surface area (TPSA) is 41.3 Å². The van der Waals surface area contributed by atoms with Crippen molar-refractivity contribution in [2.45, 2.75) is 26.8 Å². The summed E-state index contributed by atoms with van der Waals surface area (Å²) in [6.45, 7) is 6.42. The summed E-state index contributed by atoms with van der Waals surface area (Å²) in [5.41, 5.74) is 10.4. The average Bonchev–Trinajstić information content (AvgIpc) is 2.45. The fourth-order valence-electron chi connectivity index (χ4n) is 2.62. The molecule has 2 aromatic rings. The van der Waals surface area contributed by atoms with Crippen LogP contribution in [0.4, 0.5) is 5.69 Å². The van der Waals surface area contributed by atoms with Crippen molar-refractivity contribution in [3.8, 4) is 0 Å². The van der Waals surface area contributed by atoms with Gasteiger partial charge in [-0.1, -0.05) is 24.3 Å². The zero-order valence-corrected chi connectivity index (χ0v) is 13.6. The zero-order valence-electron chi connectivity index (χ0n) is 13.6. The first kappa shape index (κ1) is 15.5. The number of nitrogens with zero attached hydrogens (tertiary/aromatic N) is 1. The first-order chi connectivity index (χ1) is 9.93. The van der Waals surface area contributed by atoms with Crippen LogP contribution in [0.25, 0.3) is 0 Å². The summed E-state index contributed by atoms with van der Waals surface area (Å²) < 4.78 is 0. The van der Waals surface area contributed by atoms with Crippen LogP contribution >= 0.6 is 0 Å². The molecule has 0 aliphatic heterocycles. The molecular weight excluding hydrogens is 258 g/mol. The summed E-state index contributed by atoms with van der Waals surface area (Å²) in [6.07, 6.45) is 0. The zero-order chi connectivity index (χ0) is 15.6. The molecule has 0 heterocycles.